The van der Waals surface area contributed by atoms with E-state index in [9.17, 15) is 0 Å². The Hall–Kier alpha value is -3.05. The molecule has 0 amide bonds. The largest absolute Gasteiger partial charge is 0.315 e. The Morgan fingerprint density at radius 1 is 0.920 bits per heavy atom. The van der Waals surface area contributed by atoms with Gasteiger partial charge in [0.25, 0.3) is 0 Å². The van der Waals surface area contributed by atoms with Gasteiger partial charge in [-0.15, -0.1) is 0 Å². The van der Waals surface area contributed by atoms with Crippen molar-refractivity contribution in [1.82, 2.24) is 14.5 Å². The molecule has 118 valence electrons. The highest BCUT2D eigenvalue weighted by Crippen LogP contribution is 2.39. The maximum absolute atomic E-state index is 4.69. The van der Waals surface area contributed by atoms with Gasteiger partial charge < -0.3 is 0 Å². The summed E-state index contributed by atoms with van der Waals surface area (Å²) in [7, 11) is 0. The topological polar surface area (TPSA) is 34.6 Å². The van der Waals surface area contributed by atoms with Crippen LogP contribution in [0.25, 0.3) is 37.8 Å². The SMILES string of the molecule is c1ccc(-n2c3[n+](c4c5cccnc5sc42)Cc2cccnc2-3)cc1. The van der Waals surface area contributed by atoms with E-state index in [-0.39, 0.29) is 0 Å². The van der Waals surface area contributed by atoms with Gasteiger partial charge in [-0.05, 0) is 30.3 Å². The predicted octanol–water partition coefficient (Wildman–Crippen LogP) is 3.95. The molecule has 1 aliphatic heterocycles. The van der Waals surface area contributed by atoms with Crippen molar-refractivity contribution in [3.8, 4) is 17.2 Å². The van der Waals surface area contributed by atoms with Gasteiger partial charge in [-0.3, -0.25) is 0 Å². The van der Waals surface area contributed by atoms with Crippen molar-refractivity contribution in [2.24, 2.45) is 0 Å². The van der Waals surface area contributed by atoms with Crippen molar-refractivity contribution in [2.45, 2.75) is 6.54 Å². The van der Waals surface area contributed by atoms with E-state index in [4.69, 9.17) is 0 Å². The number of aromatic nitrogens is 4. The van der Waals surface area contributed by atoms with E-state index in [1.807, 2.05) is 24.5 Å². The van der Waals surface area contributed by atoms with Crippen LogP contribution in [0.15, 0.2) is 67.0 Å². The highest BCUT2D eigenvalue weighted by atomic mass is 32.1. The first-order valence-corrected chi connectivity index (χ1v) is 9.05. The van der Waals surface area contributed by atoms with Crippen molar-refractivity contribution >= 4 is 31.9 Å². The summed E-state index contributed by atoms with van der Waals surface area (Å²) in [4.78, 5) is 11.6. The fourth-order valence-corrected chi connectivity index (χ4v) is 4.96. The Bertz CT molecular complexity index is 1270. The molecule has 4 aromatic heterocycles. The number of hydrogen-bond donors (Lipinski definition) is 0. The predicted molar refractivity (Wildman–Crippen MR) is 99.0 cm³/mol. The second-order valence-electron chi connectivity index (χ2n) is 6.20. The maximum Gasteiger partial charge on any atom is 0.315 e. The van der Waals surface area contributed by atoms with Gasteiger partial charge in [0.2, 0.25) is 4.83 Å². The van der Waals surface area contributed by atoms with Gasteiger partial charge in [-0.25, -0.2) is 14.5 Å². The van der Waals surface area contributed by atoms with Crippen LogP contribution in [0.1, 0.15) is 5.56 Å². The molecule has 0 aliphatic carbocycles. The standard InChI is InChI=1S/C20H13N4S/c1-2-7-14(8-3-1)24-19-16-13(6-4-10-21-16)12-23(19)17-15-9-5-11-22-18(15)25-20(17)24/h1-11H,12H2/q+1. The molecule has 0 spiro atoms. The van der Waals surface area contributed by atoms with Gasteiger partial charge in [0.15, 0.2) is 11.2 Å². The number of fused-ring (bicyclic) bond motifs is 7. The highest BCUT2D eigenvalue weighted by Gasteiger charge is 2.38. The van der Waals surface area contributed by atoms with Crippen LogP contribution >= 0.6 is 11.3 Å². The lowest BCUT2D eigenvalue weighted by Crippen LogP contribution is -2.31. The number of rotatable bonds is 1. The van der Waals surface area contributed by atoms with Crippen LogP contribution in [0.4, 0.5) is 0 Å². The average Bonchev–Trinajstić information content (AvgIpc) is 3.29. The lowest BCUT2D eigenvalue weighted by molar-refractivity contribution is -0.645. The van der Waals surface area contributed by atoms with Crippen LogP contribution in [0.2, 0.25) is 0 Å². The molecular formula is C20H13N4S+. The van der Waals surface area contributed by atoms with E-state index in [1.165, 1.54) is 21.3 Å². The first-order valence-electron chi connectivity index (χ1n) is 8.23. The Labute approximate surface area is 147 Å². The molecule has 0 fully saturated rings. The molecule has 4 nitrogen and oxygen atoms in total. The number of nitrogens with zero attached hydrogens (tertiary/aromatic N) is 4. The molecule has 6 rings (SSSR count). The second kappa shape index (κ2) is 4.74. The third-order valence-electron chi connectivity index (χ3n) is 4.81. The van der Waals surface area contributed by atoms with Crippen LogP contribution in [-0.2, 0) is 6.54 Å². The molecule has 0 bridgehead atoms. The lowest BCUT2D eigenvalue weighted by Gasteiger charge is -2.00. The summed E-state index contributed by atoms with van der Waals surface area (Å²) in [5, 5.41) is 1.21. The zero-order chi connectivity index (χ0) is 16.4. The number of imidazole rings is 1. The van der Waals surface area contributed by atoms with E-state index < -0.39 is 0 Å². The van der Waals surface area contributed by atoms with Gasteiger partial charge in [-0.2, -0.15) is 4.57 Å². The average molecular weight is 341 g/mol. The van der Waals surface area contributed by atoms with Crippen LogP contribution in [0, 0.1) is 0 Å². The molecule has 0 unspecified atom stereocenters. The molecule has 0 saturated carbocycles. The third-order valence-corrected chi connectivity index (χ3v) is 5.90. The monoisotopic (exact) mass is 341 g/mol. The Morgan fingerprint density at radius 2 is 1.76 bits per heavy atom. The summed E-state index contributed by atoms with van der Waals surface area (Å²) < 4.78 is 4.72. The van der Waals surface area contributed by atoms with Gasteiger partial charge in [0, 0.05) is 18.0 Å². The summed E-state index contributed by atoms with van der Waals surface area (Å²) in [6, 6.07) is 18.9. The number of thiophene rings is 1. The normalized spacial score (nSPS) is 12.6. The molecule has 0 saturated heterocycles. The summed E-state index contributed by atoms with van der Waals surface area (Å²) in [5.41, 5.74) is 4.76. The third kappa shape index (κ3) is 1.68. The van der Waals surface area contributed by atoms with Gasteiger partial charge in [-0.1, -0.05) is 35.6 Å². The number of hydrogen-bond acceptors (Lipinski definition) is 3. The van der Waals surface area contributed by atoms with Crippen LogP contribution < -0.4 is 4.57 Å². The van der Waals surface area contributed by atoms with E-state index in [1.54, 1.807) is 11.3 Å². The van der Waals surface area contributed by atoms with Crippen LogP contribution in [-0.4, -0.2) is 14.5 Å². The van der Waals surface area contributed by atoms with Crippen molar-refractivity contribution in [2.75, 3.05) is 0 Å². The molecule has 0 radical (unpaired) electrons. The van der Waals surface area contributed by atoms with Crippen molar-refractivity contribution in [3.05, 3.63) is 72.6 Å². The fraction of sp³-hybridized carbons (Fsp3) is 0.0500. The Morgan fingerprint density at radius 3 is 2.68 bits per heavy atom. The molecule has 5 aromatic rings. The van der Waals surface area contributed by atoms with Crippen LogP contribution in [0.3, 0.4) is 0 Å². The summed E-state index contributed by atoms with van der Waals surface area (Å²) in [5.74, 6) is 1.16. The minimum atomic E-state index is 0.857. The molecule has 0 atom stereocenters. The van der Waals surface area contributed by atoms with Crippen molar-refractivity contribution in [3.63, 3.8) is 0 Å². The van der Waals surface area contributed by atoms with Gasteiger partial charge in [0.1, 0.15) is 17.1 Å². The van der Waals surface area contributed by atoms with E-state index in [0.717, 1.165) is 28.6 Å². The van der Waals surface area contributed by atoms with E-state index >= 15 is 0 Å². The van der Waals surface area contributed by atoms with Crippen molar-refractivity contribution in [1.29, 1.82) is 0 Å². The first-order chi connectivity index (χ1) is 12.4. The Kier molecular flexibility index (Phi) is 2.51. The summed E-state index contributed by atoms with van der Waals surface area (Å²) in [6.45, 7) is 0.857. The smallest absolute Gasteiger partial charge is 0.248 e. The maximum atomic E-state index is 4.69. The first kappa shape index (κ1) is 13.3. The number of pyridine rings is 2. The van der Waals surface area contributed by atoms with Crippen molar-refractivity contribution < 1.29 is 4.57 Å². The Balaban J connectivity index is 1.83. The van der Waals surface area contributed by atoms with Gasteiger partial charge in [0.05, 0.1) is 5.39 Å². The van der Waals surface area contributed by atoms with Crippen LogP contribution in [0.5, 0.6) is 0 Å². The van der Waals surface area contributed by atoms with E-state index in [2.05, 4.69) is 61.6 Å². The number of para-hydroxylation sites is 1. The summed E-state index contributed by atoms with van der Waals surface area (Å²) in [6.07, 6.45) is 3.75. The van der Waals surface area contributed by atoms with E-state index in [0.29, 0.717) is 0 Å². The lowest BCUT2D eigenvalue weighted by atomic mass is 10.2. The quantitative estimate of drug-likeness (QED) is 0.424. The summed E-state index contributed by atoms with van der Waals surface area (Å²) >= 11 is 1.75. The zero-order valence-electron chi connectivity index (χ0n) is 13.3. The highest BCUT2D eigenvalue weighted by molar-refractivity contribution is 7.25. The zero-order valence-corrected chi connectivity index (χ0v) is 14.1. The minimum Gasteiger partial charge on any atom is -0.248 e. The minimum absolute atomic E-state index is 0.857. The fourth-order valence-electron chi connectivity index (χ4n) is 3.78. The van der Waals surface area contributed by atoms with Gasteiger partial charge >= 0.3 is 5.82 Å². The molecular weight excluding hydrogens is 328 g/mol. The molecule has 0 N–H and O–H groups in total. The molecule has 5 heteroatoms. The number of benzene rings is 1. The molecule has 1 aliphatic rings. The molecule has 25 heavy (non-hydrogen) atoms. The molecule has 5 heterocycles. The second-order valence-corrected chi connectivity index (χ2v) is 7.18. The molecule has 1 aromatic carbocycles.